The normalized spacial score (nSPS) is 11.5. The number of carbonyl (C=O) groups excluding carboxylic acids is 1. The molecule has 0 fully saturated rings. The van der Waals surface area contributed by atoms with E-state index >= 15 is 0 Å². The maximum Gasteiger partial charge on any atom is 0.274 e. The molecule has 0 atom stereocenters. The molecule has 160 valence electrons. The molecule has 1 aromatic heterocycles. The van der Waals surface area contributed by atoms with E-state index in [-0.39, 0.29) is 5.91 Å². The predicted molar refractivity (Wildman–Crippen MR) is 123 cm³/mol. The molecule has 0 bridgehead atoms. The monoisotopic (exact) mass is 417 g/mol. The largest absolute Gasteiger partial charge is 0.411 e. The van der Waals surface area contributed by atoms with Crippen molar-refractivity contribution in [3.63, 3.8) is 0 Å². The average Bonchev–Trinajstić information content (AvgIpc) is 2.79. The van der Waals surface area contributed by atoms with Crippen LogP contribution in [0.1, 0.15) is 35.1 Å². The van der Waals surface area contributed by atoms with E-state index in [1.165, 1.54) is 0 Å². The van der Waals surface area contributed by atoms with Crippen LogP contribution >= 0.6 is 0 Å². The molecule has 0 radical (unpaired) electrons. The zero-order valence-electron chi connectivity index (χ0n) is 18.0. The molecule has 3 rings (SSSR count). The first-order valence-electron chi connectivity index (χ1n) is 10.2. The lowest BCUT2D eigenvalue weighted by molar-refractivity contribution is 0.102. The van der Waals surface area contributed by atoms with Gasteiger partial charge in [0.1, 0.15) is 5.69 Å². The molecule has 1 heterocycles. The van der Waals surface area contributed by atoms with Gasteiger partial charge in [0.05, 0.1) is 11.4 Å². The Morgan fingerprint density at radius 2 is 1.77 bits per heavy atom. The summed E-state index contributed by atoms with van der Waals surface area (Å²) in [7, 11) is 4.06. The van der Waals surface area contributed by atoms with Gasteiger partial charge in [-0.3, -0.25) is 4.79 Å². The summed E-state index contributed by atoms with van der Waals surface area (Å²) in [6.45, 7) is 2.60. The number of nitrogens with one attached hydrogen (secondary N) is 1. The summed E-state index contributed by atoms with van der Waals surface area (Å²) in [6.07, 6.45) is 1.67. The first-order chi connectivity index (χ1) is 15.0. The predicted octanol–water partition coefficient (Wildman–Crippen LogP) is 4.09. The summed E-state index contributed by atoms with van der Waals surface area (Å²) in [4.78, 5) is 24.4. The van der Waals surface area contributed by atoms with E-state index in [1.54, 1.807) is 25.1 Å². The lowest BCUT2D eigenvalue weighted by Crippen LogP contribution is -2.18. The Bertz CT molecular complexity index is 1060. The highest BCUT2D eigenvalue weighted by Crippen LogP contribution is 2.20. The zero-order chi connectivity index (χ0) is 22.2. The van der Waals surface area contributed by atoms with Crippen LogP contribution < -0.4 is 5.32 Å². The van der Waals surface area contributed by atoms with Crippen LogP contribution in [0.4, 0.5) is 5.69 Å². The van der Waals surface area contributed by atoms with Gasteiger partial charge in [0.2, 0.25) is 0 Å². The molecule has 7 heteroatoms. The first kappa shape index (κ1) is 22.1. The Kier molecular flexibility index (Phi) is 7.45. The van der Waals surface area contributed by atoms with E-state index in [0.717, 1.165) is 30.6 Å². The second kappa shape index (κ2) is 10.4. The van der Waals surface area contributed by atoms with Crippen molar-refractivity contribution in [2.75, 3.05) is 26.0 Å². The van der Waals surface area contributed by atoms with Crippen LogP contribution in [0.25, 0.3) is 11.4 Å². The number of hydrogen-bond acceptors (Lipinski definition) is 6. The number of aryl methyl sites for hydroxylation is 1. The van der Waals surface area contributed by atoms with Gasteiger partial charge in [-0.25, -0.2) is 9.97 Å². The molecule has 0 aliphatic rings. The highest BCUT2D eigenvalue weighted by atomic mass is 16.4. The number of anilines is 1. The molecule has 0 unspecified atom stereocenters. The lowest BCUT2D eigenvalue weighted by Gasteiger charge is -2.12. The third-order valence-electron chi connectivity index (χ3n) is 4.80. The zero-order valence-corrected chi connectivity index (χ0v) is 18.0. The Morgan fingerprint density at radius 3 is 2.48 bits per heavy atom. The van der Waals surface area contributed by atoms with Crippen LogP contribution in [0.5, 0.6) is 0 Å². The van der Waals surface area contributed by atoms with Crippen LogP contribution in [0.15, 0.2) is 65.8 Å². The van der Waals surface area contributed by atoms with E-state index in [0.29, 0.717) is 28.5 Å². The maximum absolute atomic E-state index is 13.1. The Labute approximate surface area is 182 Å². The molecular formula is C24H27N5O2. The topological polar surface area (TPSA) is 90.7 Å². The quantitative estimate of drug-likeness (QED) is 0.327. The summed E-state index contributed by atoms with van der Waals surface area (Å²) in [5.74, 6) is 0.182. The van der Waals surface area contributed by atoms with Crippen LogP contribution in [-0.4, -0.2) is 52.3 Å². The van der Waals surface area contributed by atoms with Crippen molar-refractivity contribution in [3.05, 3.63) is 77.6 Å². The van der Waals surface area contributed by atoms with Crippen LogP contribution in [0, 0.1) is 0 Å². The van der Waals surface area contributed by atoms with Gasteiger partial charge in [-0.05, 0) is 52.5 Å². The molecule has 3 aromatic rings. The highest BCUT2D eigenvalue weighted by molar-refractivity contribution is 6.09. The minimum Gasteiger partial charge on any atom is -0.411 e. The Morgan fingerprint density at radius 1 is 1.06 bits per heavy atom. The minimum absolute atomic E-state index is 0.294. The van der Waals surface area contributed by atoms with Crippen molar-refractivity contribution in [1.82, 2.24) is 14.9 Å². The maximum atomic E-state index is 13.1. The molecule has 0 saturated heterocycles. The number of hydrogen-bond donors (Lipinski definition) is 2. The molecule has 0 spiro atoms. The standard InChI is InChI=1S/C24H27N5O2/c1-17(28-31)20-13-7-8-14-21(20)27-24(30)22-16-19(12-9-15-29(2)3)25-23(26-22)18-10-5-4-6-11-18/h4-8,10-11,13-14,16,31H,9,12,15H2,1-3H3,(H,27,30)/b28-17+. The number of aromatic nitrogens is 2. The fraction of sp³-hybridized carbons (Fsp3) is 0.250. The van der Waals surface area contributed by atoms with E-state index in [1.807, 2.05) is 56.6 Å². The number of oxime groups is 1. The van der Waals surface area contributed by atoms with Gasteiger partial charge in [0, 0.05) is 16.8 Å². The molecule has 0 saturated carbocycles. The molecule has 1 amide bonds. The van der Waals surface area contributed by atoms with Crippen molar-refractivity contribution in [2.24, 2.45) is 5.16 Å². The van der Waals surface area contributed by atoms with E-state index < -0.39 is 0 Å². The van der Waals surface area contributed by atoms with Crippen molar-refractivity contribution in [1.29, 1.82) is 0 Å². The summed E-state index contributed by atoms with van der Waals surface area (Å²) in [5.41, 5.74) is 3.57. The van der Waals surface area contributed by atoms with Gasteiger partial charge in [-0.15, -0.1) is 0 Å². The van der Waals surface area contributed by atoms with E-state index in [9.17, 15) is 4.79 Å². The van der Waals surface area contributed by atoms with E-state index in [2.05, 4.69) is 25.3 Å². The number of rotatable bonds is 8. The third kappa shape index (κ3) is 5.96. The fourth-order valence-corrected chi connectivity index (χ4v) is 3.18. The van der Waals surface area contributed by atoms with Crippen molar-refractivity contribution < 1.29 is 10.0 Å². The Balaban J connectivity index is 1.93. The van der Waals surface area contributed by atoms with Gasteiger partial charge in [-0.2, -0.15) is 0 Å². The SMILES string of the molecule is C/C(=N\O)c1ccccc1NC(=O)c1cc(CCCN(C)C)nc(-c2ccccc2)n1. The van der Waals surface area contributed by atoms with Gasteiger partial charge in [0.25, 0.3) is 5.91 Å². The van der Waals surface area contributed by atoms with Crippen LogP contribution in [0.2, 0.25) is 0 Å². The Hall–Kier alpha value is -3.58. The summed E-state index contributed by atoms with van der Waals surface area (Å²) in [5, 5.41) is 15.3. The molecule has 2 N–H and O–H groups in total. The second-order valence-corrected chi connectivity index (χ2v) is 7.53. The lowest BCUT2D eigenvalue weighted by atomic mass is 10.1. The van der Waals surface area contributed by atoms with E-state index in [4.69, 9.17) is 5.21 Å². The number of carbonyl (C=O) groups is 1. The molecule has 31 heavy (non-hydrogen) atoms. The fourth-order valence-electron chi connectivity index (χ4n) is 3.18. The van der Waals surface area contributed by atoms with Crippen molar-refractivity contribution in [2.45, 2.75) is 19.8 Å². The third-order valence-corrected chi connectivity index (χ3v) is 4.80. The second-order valence-electron chi connectivity index (χ2n) is 7.53. The minimum atomic E-state index is -0.341. The number of nitrogens with zero attached hydrogens (tertiary/aromatic N) is 4. The van der Waals surface area contributed by atoms with Crippen molar-refractivity contribution in [3.8, 4) is 11.4 Å². The highest BCUT2D eigenvalue weighted by Gasteiger charge is 2.15. The molecule has 0 aliphatic carbocycles. The van der Waals surface area contributed by atoms with Crippen LogP contribution in [0.3, 0.4) is 0 Å². The molecule has 7 nitrogen and oxygen atoms in total. The van der Waals surface area contributed by atoms with Crippen LogP contribution in [-0.2, 0) is 6.42 Å². The van der Waals surface area contributed by atoms with Gasteiger partial charge in [0.15, 0.2) is 5.82 Å². The average molecular weight is 418 g/mol. The van der Waals surface area contributed by atoms with Gasteiger partial charge < -0.3 is 15.4 Å². The first-order valence-corrected chi connectivity index (χ1v) is 10.2. The number of benzene rings is 2. The summed E-state index contributed by atoms with van der Waals surface area (Å²) in [6, 6.07) is 18.5. The number of para-hydroxylation sites is 1. The smallest absolute Gasteiger partial charge is 0.274 e. The summed E-state index contributed by atoms with van der Waals surface area (Å²) >= 11 is 0. The van der Waals surface area contributed by atoms with Crippen molar-refractivity contribution >= 4 is 17.3 Å². The van der Waals surface area contributed by atoms with Gasteiger partial charge >= 0.3 is 0 Å². The number of amides is 1. The van der Waals surface area contributed by atoms with Gasteiger partial charge in [-0.1, -0.05) is 53.7 Å². The molecule has 2 aromatic carbocycles. The molecule has 0 aliphatic heterocycles. The summed E-state index contributed by atoms with van der Waals surface area (Å²) < 4.78 is 0. The molecular weight excluding hydrogens is 390 g/mol.